The van der Waals surface area contributed by atoms with Crippen molar-refractivity contribution in [1.29, 1.82) is 0 Å². The molecule has 1 amide bonds. The standard InChI is InChI=1S/C16H16ClNO4/c1-16(2,10-3-5-11(17)6-4-10)9-18-14(19)12-7-8-13(22-12)15(20)21/h3-8H,9H2,1-2H3,(H,18,19)(H,20,21). The average molecular weight is 322 g/mol. The highest BCUT2D eigenvalue weighted by atomic mass is 35.5. The second-order valence-corrected chi connectivity index (χ2v) is 5.98. The molecule has 1 aromatic carbocycles. The third-order valence-electron chi connectivity index (χ3n) is 3.36. The molecular weight excluding hydrogens is 306 g/mol. The number of rotatable bonds is 5. The van der Waals surface area contributed by atoms with E-state index >= 15 is 0 Å². The predicted octanol–water partition coefficient (Wildman–Crippen LogP) is 3.34. The number of hydrogen-bond acceptors (Lipinski definition) is 3. The van der Waals surface area contributed by atoms with Crippen molar-refractivity contribution in [3.05, 3.63) is 58.5 Å². The summed E-state index contributed by atoms with van der Waals surface area (Å²) >= 11 is 5.87. The minimum absolute atomic E-state index is 0.0238. The number of carbonyl (C=O) groups excluding carboxylic acids is 1. The summed E-state index contributed by atoms with van der Waals surface area (Å²) < 4.78 is 4.96. The lowest BCUT2D eigenvalue weighted by atomic mass is 9.84. The Morgan fingerprint density at radius 3 is 2.27 bits per heavy atom. The molecular formula is C16H16ClNO4. The Morgan fingerprint density at radius 1 is 1.14 bits per heavy atom. The molecule has 116 valence electrons. The molecule has 0 aliphatic heterocycles. The van der Waals surface area contributed by atoms with Gasteiger partial charge in [0, 0.05) is 17.0 Å². The van der Waals surface area contributed by atoms with Gasteiger partial charge in [-0.2, -0.15) is 0 Å². The molecule has 0 aliphatic rings. The largest absolute Gasteiger partial charge is 0.475 e. The van der Waals surface area contributed by atoms with Crippen LogP contribution in [0.2, 0.25) is 5.02 Å². The Hall–Kier alpha value is -2.27. The zero-order valence-electron chi connectivity index (χ0n) is 12.2. The van der Waals surface area contributed by atoms with Gasteiger partial charge in [-0.25, -0.2) is 4.79 Å². The van der Waals surface area contributed by atoms with Crippen LogP contribution in [0.25, 0.3) is 0 Å². The molecule has 5 nitrogen and oxygen atoms in total. The molecule has 0 atom stereocenters. The lowest BCUT2D eigenvalue weighted by Gasteiger charge is -2.25. The molecule has 1 aromatic heterocycles. The van der Waals surface area contributed by atoms with Gasteiger partial charge < -0.3 is 14.8 Å². The summed E-state index contributed by atoms with van der Waals surface area (Å²) in [5, 5.41) is 12.2. The number of furan rings is 1. The van der Waals surface area contributed by atoms with E-state index in [1.807, 2.05) is 26.0 Å². The SMILES string of the molecule is CC(C)(CNC(=O)c1ccc(C(=O)O)o1)c1ccc(Cl)cc1. The van der Waals surface area contributed by atoms with E-state index in [-0.39, 0.29) is 16.9 Å². The van der Waals surface area contributed by atoms with Crippen molar-refractivity contribution in [2.24, 2.45) is 0 Å². The molecule has 0 unspecified atom stereocenters. The minimum Gasteiger partial charge on any atom is -0.475 e. The van der Waals surface area contributed by atoms with Gasteiger partial charge in [-0.05, 0) is 29.8 Å². The maximum atomic E-state index is 12.0. The van der Waals surface area contributed by atoms with Crippen molar-refractivity contribution in [1.82, 2.24) is 5.32 Å². The highest BCUT2D eigenvalue weighted by Crippen LogP contribution is 2.24. The van der Waals surface area contributed by atoms with Crippen LogP contribution in [-0.2, 0) is 5.41 Å². The zero-order valence-corrected chi connectivity index (χ0v) is 13.0. The van der Waals surface area contributed by atoms with E-state index in [0.29, 0.717) is 11.6 Å². The van der Waals surface area contributed by atoms with Gasteiger partial charge >= 0.3 is 5.97 Å². The molecule has 0 saturated heterocycles. The number of hydrogen-bond donors (Lipinski definition) is 2. The summed E-state index contributed by atoms with van der Waals surface area (Å²) in [6.45, 7) is 4.35. The first-order valence-corrected chi connectivity index (χ1v) is 7.05. The molecule has 0 aliphatic carbocycles. The molecule has 2 aromatic rings. The number of carboxylic acid groups (broad SMARTS) is 1. The molecule has 0 spiro atoms. The van der Waals surface area contributed by atoms with E-state index in [2.05, 4.69) is 5.32 Å². The van der Waals surface area contributed by atoms with Gasteiger partial charge in [0.05, 0.1) is 0 Å². The quantitative estimate of drug-likeness (QED) is 0.885. The topological polar surface area (TPSA) is 79.5 Å². The Bertz CT molecular complexity index is 688. The van der Waals surface area contributed by atoms with Crippen LogP contribution in [0.5, 0.6) is 0 Å². The van der Waals surface area contributed by atoms with Crippen LogP contribution in [0, 0.1) is 0 Å². The molecule has 2 rings (SSSR count). The van der Waals surface area contributed by atoms with Gasteiger partial charge in [0.1, 0.15) is 0 Å². The van der Waals surface area contributed by atoms with Crippen LogP contribution in [0.4, 0.5) is 0 Å². The number of nitrogens with one attached hydrogen (secondary N) is 1. The fraction of sp³-hybridized carbons (Fsp3) is 0.250. The van der Waals surface area contributed by atoms with Crippen LogP contribution in [0.3, 0.4) is 0 Å². The zero-order chi connectivity index (χ0) is 16.3. The van der Waals surface area contributed by atoms with Crippen molar-refractivity contribution < 1.29 is 19.1 Å². The van der Waals surface area contributed by atoms with E-state index in [9.17, 15) is 9.59 Å². The maximum absolute atomic E-state index is 12.0. The Labute approximate surface area is 132 Å². The van der Waals surface area contributed by atoms with Crippen molar-refractivity contribution in [2.75, 3.05) is 6.54 Å². The van der Waals surface area contributed by atoms with Gasteiger partial charge in [0.15, 0.2) is 5.76 Å². The fourth-order valence-corrected chi connectivity index (χ4v) is 2.09. The highest BCUT2D eigenvalue weighted by Gasteiger charge is 2.23. The predicted molar refractivity (Wildman–Crippen MR) is 82.5 cm³/mol. The van der Waals surface area contributed by atoms with Gasteiger partial charge in [-0.1, -0.05) is 37.6 Å². The Balaban J connectivity index is 2.02. The van der Waals surface area contributed by atoms with Crippen molar-refractivity contribution >= 4 is 23.5 Å². The average Bonchev–Trinajstić information content (AvgIpc) is 2.95. The Kier molecular flexibility index (Phi) is 4.56. The second-order valence-electron chi connectivity index (χ2n) is 5.54. The van der Waals surface area contributed by atoms with Gasteiger partial charge in [0.25, 0.3) is 5.91 Å². The fourth-order valence-electron chi connectivity index (χ4n) is 1.97. The summed E-state index contributed by atoms with van der Waals surface area (Å²) in [6.07, 6.45) is 0. The monoisotopic (exact) mass is 321 g/mol. The van der Waals surface area contributed by atoms with Crippen LogP contribution in [0.15, 0.2) is 40.8 Å². The van der Waals surface area contributed by atoms with Crippen LogP contribution in [-0.4, -0.2) is 23.5 Å². The normalized spacial score (nSPS) is 11.2. The third-order valence-corrected chi connectivity index (χ3v) is 3.61. The van der Waals surface area contributed by atoms with E-state index in [4.69, 9.17) is 21.1 Å². The molecule has 1 heterocycles. The summed E-state index contributed by atoms with van der Waals surface area (Å²) in [5.74, 6) is -1.94. The second kappa shape index (κ2) is 6.23. The number of carbonyl (C=O) groups is 2. The van der Waals surface area contributed by atoms with Gasteiger partial charge in [-0.3, -0.25) is 4.79 Å². The van der Waals surface area contributed by atoms with Crippen LogP contribution in [0.1, 0.15) is 40.5 Å². The number of amides is 1. The molecule has 0 radical (unpaired) electrons. The molecule has 22 heavy (non-hydrogen) atoms. The summed E-state index contributed by atoms with van der Waals surface area (Å²) in [7, 11) is 0. The van der Waals surface area contributed by atoms with Gasteiger partial charge in [0.2, 0.25) is 5.76 Å². The minimum atomic E-state index is -1.21. The molecule has 2 N–H and O–H groups in total. The summed E-state index contributed by atoms with van der Waals surface area (Å²) in [5.41, 5.74) is 0.727. The lowest BCUT2D eigenvalue weighted by Crippen LogP contribution is -2.36. The van der Waals surface area contributed by atoms with E-state index in [0.717, 1.165) is 5.56 Å². The van der Waals surface area contributed by atoms with Crippen molar-refractivity contribution in [3.63, 3.8) is 0 Å². The summed E-state index contributed by atoms with van der Waals surface area (Å²) in [4.78, 5) is 22.7. The highest BCUT2D eigenvalue weighted by molar-refractivity contribution is 6.30. The van der Waals surface area contributed by atoms with E-state index in [1.165, 1.54) is 12.1 Å². The number of aromatic carboxylic acids is 1. The first-order chi connectivity index (χ1) is 10.3. The maximum Gasteiger partial charge on any atom is 0.371 e. The first kappa shape index (κ1) is 16.1. The van der Waals surface area contributed by atoms with Crippen molar-refractivity contribution in [3.8, 4) is 0 Å². The smallest absolute Gasteiger partial charge is 0.371 e. The third kappa shape index (κ3) is 3.68. The van der Waals surface area contributed by atoms with Crippen molar-refractivity contribution in [2.45, 2.75) is 19.3 Å². The Morgan fingerprint density at radius 2 is 1.73 bits per heavy atom. The van der Waals surface area contributed by atoms with E-state index < -0.39 is 11.9 Å². The number of carboxylic acids is 1. The molecule has 6 heteroatoms. The van der Waals surface area contributed by atoms with Gasteiger partial charge in [-0.15, -0.1) is 0 Å². The first-order valence-electron chi connectivity index (χ1n) is 6.67. The van der Waals surface area contributed by atoms with Crippen LogP contribution < -0.4 is 5.32 Å². The summed E-state index contributed by atoms with van der Waals surface area (Å²) in [6, 6.07) is 10.0. The molecule has 0 saturated carbocycles. The lowest BCUT2D eigenvalue weighted by molar-refractivity contribution is 0.0659. The van der Waals surface area contributed by atoms with E-state index in [1.54, 1.807) is 12.1 Å². The van der Waals surface area contributed by atoms with Crippen LogP contribution >= 0.6 is 11.6 Å². The molecule has 0 bridgehead atoms. The number of benzene rings is 1. The molecule has 0 fully saturated rings. The number of halogens is 1.